The fourth-order valence-corrected chi connectivity index (χ4v) is 1.94. The van der Waals surface area contributed by atoms with Gasteiger partial charge < -0.3 is 16.8 Å². The van der Waals surface area contributed by atoms with Crippen molar-refractivity contribution in [1.29, 1.82) is 0 Å². The Bertz CT molecular complexity index is 387. The summed E-state index contributed by atoms with van der Waals surface area (Å²) >= 11 is 0. The number of rotatable bonds is 4. The molecule has 5 heteroatoms. The third kappa shape index (κ3) is 2.30. The topological polar surface area (TPSA) is 94.0 Å². The molecule has 86 valence electrons. The van der Waals surface area contributed by atoms with Gasteiger partial charge in [0.25, 0.3) is 5.91 Å². The van der Waals surface area contributed by atoms with Gasteiger partial charge in [0.1, 0.15) is 5.82 Å². The number of carbonyl (C=O) groups excluding carboxylic acids is 1. The minimum atomic E-state index is -0.457. The first kappa shape index (κ1) is 10.9. The van der Waals surface area contributed by atoms with E-state index < -0.39 is 5.91 Å². The van der Waals surface area contributed by atoms with Gasteiger partial charge in [0, 0.05) is 18.8 Å². The van der Waals surface area contributed by atoms with E-state index in [0.717, 1.165) is 19.4 Å². The van der Waals surface area contributed by atoms with Gasteiger partial charge in [-0.15, -0.1) is 0 Å². The van der Waals surface area contributed by atoms with E-state index >= 15 is 0 Å². The van der Waals surface area contributed by atoms with Crippen LogP contribution in [0.1, 0.15) is 23.2 Å². The summed E-state index contributed by atoms with van der Waals surface area (Å²) < 4.78 is 0. The number of hydrogen-bond donors (Lipinski definition) is 3. The van der Waals surface area contributed by atoms with E-state index in [2.05, 4.69) is 10.3 Å². The number of nitrogens with two attached hydrogens (primary N) is 2. The van der Waals surface area contributed by atoms with Crippen LogP contribution in [-0.2, 0) is 0 Å². The van der Waals surface area contributed by atoms with Crippen molar-refractivity contribution in [1.82, 2.24) is 4.98 Å². The Morgan fingerprint density at radius 3 is 2.94 bits per heavy atom. The van der Waals surface area contributed by atoms with Crippen LogP contribution in [0.15, 0.2) is 18.3 Å². The van der Waals surface area contributed by atoms with Crippen LogP contribution >= 0.6 is 0 Å². The first-order valence-corrected chi connectivity index (χ1v) is 5.41. The number of anilines is 1. The molecule has 0 saturated heterocycles. The van der Waals surface area contributed by atoms with Gasteiger partial charge in [-0.3, -0.25) is 4.79 Å². The third-order valence-corrected chi connectivity index (χ3v) is 2.90. The molecule has 0 unspecified atom stereocenters. The zero-order valence-corrected chi connectivity index (χ0v) is 9.02. The average molecular weight is 220 g/mol. The van der Waals surface area contributed by atoms with Crippen LogP contribution in [0.3, 0.4) is 0 Å². The van der Waals surface area contributed by atoms with E-state index in [4.69, 9.17) is 11.5 Å². The second-order valence-electron chi connectivity index (χ2n) is 4.24. The first-order chi connectivity index (χ1) is 7.66. The maximum absolute atomic E-state index is 11.1. The molecule has 0 aliphatic heterocycles. The van der Waals surface area contributed by atoms with Gasteiger partial charge in [-0.1, -0.05) is 0 Å². The normalized spacial score (nSPS) is 23.6. The number of hydrogen-bond acceptors (Lipinski definition) is 4. The van der Waals surface area contributed by atoms with Crippen molar-refractivity contribution in [3.05, 3.63) is 23.9 Å². The van der Waals surface area contributed by atoms with Crippen LogP contribution in [0.4, 0.5) is 5.82 Å². The maximum Gasteiger partial charge on any atom is 0.252 e. The lowest BCUT2D eigenvalue weighted by molar-refractivity contribution is 0.100. The number of nitrogens with zero attached hydrogens (tertiary/aromatic N) is 1. The molecule has 0 spiro atoms. The Morgan fingerprint density at radius 1 is 1.56 bits per heavy atom. The predicted octanol–water partition coefficient (Wildman–Crippen LogP) is 0.330. The second kappa shape index (κ2) is 4.49. The molecule has 1 aromatic rings. The molecule has 1 amide bonds. The highest BCUT2D eigenvalue weighted by Crippen LogP contribution is 2.25. The molecule has 1 aliphatic carbocycles. The number of aromatic nitrogens is 1. The number of primary amides is 1. The van der Waals surface area contributed by atoms with E-state index in [1.807, 2.05) is 0 Å². The summed E-state index contributed by atoms with van der Waals surface area (Å²) in [6.45, 7) is 0.797. The molecule has 0 bridgehead atoms. The molecule has 1 aliphatic rings. The fourth-order valence-electron chi connectivity index (χ4n) is 1.94. The third-order valence-electron chi connectivity index (χ3n) is 2.90. The molecule has 1 heterocycles. The Balaban J connectivity index is 1.95. The summed E-state index contributed by atoms with van der Waals surface area (Å²) in [7, 11) is 0. The first-order valence-electron chi connectivity index (χ1n) is 5.41. The van der Waals surface area contributed by atoms with Crippen molar-refractivity contribution >= 4 is 11.7 Å². The van der Waals surface area contributed by atoms with Gasteiger partial charge in [0.15, 0.2) is 0 Å². The minimum absolute atomic E-state index is 0.339. The minimum Gasteiger partial charge on any atom is -0.369 e. The molecule has 0 atom stereocenters. The van der Waals surface area contributed by atoms with Crippen molar-refractivity contribution in [2.24, 2.45) is 17.4 Å². The summed E-state index contributed by atoms with van der Waals surface area (Å²) in [6.07, 6.45) is 3.71. The zero-order valence-electron chi connectivity index (χ0n) is 9.02. The number of amides is 1. The van der Waals surface area contributed by atoms with E-state index in [1.165, 1.54) is 0 Å². The van der Waals surface area contributed by atoms with Crippen molar-refractivity contribution in [2.45, 2.75) is 18.9 Å². The standard InChI is InChI=1S/C11H16N4O/c12-8-4-7(5-8)6-15-11-9(10(13)16)2-1-3-14-11/h1-3,7-8H,4-6,12H2,(H2,13,16)(H,14,15). The van der Waals surface area contributed by atoms with Crippen LogP contribution in [0.2, 0.25) is 0 Å². The SMILES string of the molecule is NC(=O)c1cccnc1NCC1CC(N)C1. The number of pyridine rings is 1. The molecule has 0 radical (unpaired) electrons. The average Bonchev–Trinajstić information content (AvgIpc) is 2.23. The molecule has 5 nitrogen and oxygen atoms in total. The highest BCUT2D eigenvalue weighted by molar-refractivity contribution is 5.97. The lowest BCUT2D eigenvalue weighted by Crippen LogP contribution is -2.39. The van der Waals surface area contributed by atoms with E-state index in [1.54, 1.807) is 18.3 Å². The molecule has 1 saturated carbocycles. The van der Waals surface area contributed by atoms with Crippen molar-refractivity contribution in [3.8, 4) is 0 Å². The highest BCUT2D eigenvalue weighted by Gasteiger charge is 2.25. The highest BCUT2D eigenvalue weighted by atomic mass is 16.1. The molecule has 1 aromatic heterocycles. The second-order valence-corrected chi connectivity index (χ2v) is 4.24. The van der Waals surface area contributed by atoms with Crippen molar-refractivity contribution in [3.63, 3.8) is 0 Å². The predicted molar refractivity (Wildman–Crippen MR) is 61.9 cm³/mol. The summed E-state index contributed by atoms with van der Waals surface area (Å²) in [5, 5.41) is 3.15. The smallest absolute Gasteiger partial charge is 0.252 e. The molecule has 16 heavy (non-hydrogen) atoms. The molecular formula is C11H16N4O. The Kier molecular flexibility index (Phi) is 3.05. The summed E-state index contributed by atoms with van der Waals surface area (Å²) in [4.78, 5) is 15.2. The van der Waals surface area contributed by atoms with Crippen molar-refractivity contribution in [2.75, 3.05) is 11.9 Å². The molecule has 0 aromatic carbocycles. The molecule has 2 rings (SSSR count). The summed E-state index contributed by atoms with van der Waals surface area (Å²) in [5.41, 5.74) is 11.4. The van der Waals surface area contributed by atoms with Gasteiger partial charge in [-0.25, -0.2) is 4.98 Å². The van der Waals surface area contributed by atoms with Gasteiger partial charge in [0.05, 0.1) is 5.56 Å². The lowest BCUT2D eigenvalue weighted by atomic mass is 9.81. The van der Waals surface area contributed by atoms with Gasteiger partial charge in [-0.2, -0.15) is 0 Å². The van der Waals surface area contributed by atoms with Crippen LogP contribution in [0, 0.1) is 5.92 Å². The quantitative estimate of drug-likeness (QED) is 0.681. The maximum atomic E-state index is 11.1. The van der Waals surface area contributed by atoms with E-state index in [-0.39, 0.29) is 0 Å². The number of carbonyl (C=O) groups is 1. The van der Waals surface area contributed by atoms with E-state index in [9.17, 15) is 4.79 Å². The lowest BCUT2D eigenvalue weighted by Gasteiger charge is -2.32. The molecule has 5 N–H and O–H groups in total. The Hall–Kier alpha value is -1.62. The van der Waals surface area contributed by atoms with Crippen LogP contribution in [0.25, 0.3) is 0 Å². The summed E-state index contributed by atoms with van der Waals surface area (Å²) in [5.74, 6) is 0.689. The van der Waals surface area contributed by atoms with Crippen LogP contribution in [0.5, 0.6) is 0 Å². The van der Waals surface area contributed by atoms with Crippen molar-refractivity contribution < 1.29 is 4.79 Å². The zero-order chi connectivity index (χ0) is 11.5. The van der Waals surface area contributed by atoms with Crippen LogP contribution in [-0.4, -0.2) is 23.5 Å². The number of nitrogens with one attached hydrogen (secondary N) is 1. The van der Waals surface area contributed by atoms with Crippen LogP contribution < -0.4 is 16.8 Å². The molecule has 1 fully saturated rings. The fraction of sp³-hybridized carbons (Fsp3) is 0.455. The van der Waals surface area contributed by atoms with Gasteiger partial charge >= 0.3 is 0 Å². The van der Waals surface area contributed by atoms with Gasteiger partial charge in [-0.05, 0) is 30.9 Å². The summed E-state index contributed by atoms with van der Waals surface area (Å²) in [6, 6.07) is 3.71. The largest absolute Gasteiger partial charge is 0.369 e. The molecular weight excluding hydrogens is 204 g/mol. The van der Waals surface area contributed by atoms with E-state index in [0.29, 0.717) is 23.3 Å². The Morgan fingerprint density at radius 2 is 2.31 bits per heavy atom. The Labute approximate surface area is 94.2 Å². The monoisotopic (exact) mass is 220 g/mol. The van der Waals surface area contributed by atoms with Gasteiger partial charge in [0.2, 0.25) is 0 Å².